The number of carbonyl (C=O) groups is 1. The van der Waals surface area contributed by atoms with Crippen molar-refractivity contribution in [3.05, 3.63) is 58.3 Å². The molecule has 0 aromatic heterocycles. The van der Waals surface area contributed by atoms with Crippen LogP contribution >= 0.6 is 23.2 Å². The van der Waals surface area contributed by atoms with Gasteiger partial charge in [0.15, 0.2) is 0 Å². The number of carbonyl (C=O) groups excluding carboxylic acids is 1. The van der Waals surface area contributed by atoms with Crippen molar-refractivity contribution in [2.45, 2.75) is 0 Å². The highest BCUT2D eigenvalue weighted by Gasteiger charge is 2.09. The lowest BCUT2D eigenvalue weighted by Crippen LogP contribution is -2.33. The second-order valence-electron chi connectivity index (χ2n) is 5.21. The average Bonchev–Trinajstić information content (AvgIpc) is 2.52. The average molecular weight is 371 g/mol. The van der Waals surface area contributed by atoms with Crippen LogP contribution in [0.3, 0.4) is 0 Å². The van der Waals surface area contributed by atoms with Gasteiger partial charge in [-0.1, -0.05) is 23.2 Å². The molecule has 2 aromatic carbocycles. The van der Waals surface area contributed by atoms with E-state index in [1.807, 2.05) is 4.90 Å². The van der Waals surface area contributed by atoms with E-state index in [1.54, 1.807) is 31.3 Å². The van der Waals surface area contributed by atoms with Crippen molar-refractivity contribution in [2.75, 3.05) is 32.1 Å². The minimum atomic E-state index is -0.450. The molecule has 1 N–H and O–H groups in total. The Kier molecular flexibility index (Phi) is 6.85. The summed E-state index contributed by atoms with van der Waals surface area (Å²) in [5.41, 5.74) is 0.383. The van der Waals surface area contributed by atoms with Crippen molar-refractivity contribution in [3.8, 4) is 5.75 Å². The smallest absolute Gasteiger partial charge is 0.238 e. The third-order valence-corrected chi connectivity index (χ3v) is 3.74. The van der Waals surface area contributed by atoms with Crippen LogP contribution < -0.4 is 10.1 Å². The molecular weight excluding hydrogens is 354 g/mol. The molecule has 0 saturated heterocycles. The maximum atomic E-state index is 13.0. The molecule has 0 fully saturated rings. The molecule has 0 radical (unpaired) electrons. The predicted octanol–water partition coefficient (Wildman–Crippen LogP) is 4.08. The van der Waals surface area contributed by atoms with E-state index in [0.717, 1.165) is 11.8 Å². The lowest BCUT2D eigenvalue weighted by atomic mass is 10.3. The summed E-state index contributed by atoms with van der Waals surface area (Å²) in [6.07, 6.45) is 0. The van der Waals surface area contributed by atoms with Gasteiger partial charge in [-0.15, -0.1) is 0 Å². The highest BCUT2D eigenvalue weighted by molar-refractivity contribution is 6.33. The van der Waals surface area contributed by atoms with Crippen LogP contribution in [0, 0.1) is 5.82 Å². The molecule has 128 valence electrons. The minimum Gasteiger partial charge on any atom is -0.492 e. The van der Waals surface area contributed by atoms with Gasteiger partial charge < -0.3 is 10.1 Å². The van der Waals surface area contributed by atoms with E-state index in [0.29, 0.717) is 23.9 Å². The molecule has 24 heavy (non-hydrogen) atoms. The number of anilines is 1. The van der Waals surface area contributed by atoms with Crippen molar-refractivity contribution < 1.29 is 13.9 Å². The number of nitrogens with one attached hydrogen (secondary N) is 1. The zero-order valence-corrected chi connectivity index (χ0v) is 14.6. The van der Waals surface area contributed by atoms with Gasteiger partial charge in [0.1, 0.15) is 18.2 Å². The fourth-order valence-corrected chi connectivity index (χ4v) is 2.30. The first-order valence-electron chi connectivity index (χ1n) is 7.26. The molecule has 0 atom stereocenters. The number of rotatable bonds is 7. The Balaban J connectivity index is 1.74. The van der Waals surface area contributed by atoms with Crippen LogP contribution in [0.25, 0.3) is 0 Å². The van der Waals surface area contributed by atoms with Gasteiger partial charge in [-0.2, -0.15) is 0 Å². The normalized spacial score (nSPS) is 10.7. The van der Waals surface area contributed by atoms with Crippen molar-refractivity contribution >= 4 is 34.8 Å². The second-order valence-corrected chi connectivity index (χ2v) is 6.06. The standard InChI is InChI=1S/C17H17Cl2FN2O2/c1-22(8-9-24-14-5-2-12(18)3-6-14)11-17(23)21-16-7-4-13(20)10-15(16)19/h2-7,10H,8-9,11H2,1H3,(H,21,23). The lowest BCUT2D eigenvalue weighted by molar-refractivity contribution is -0.117. The van der Waals surface area contributed by atoms with E-state index < -0.39 is 5.82 Å². The monoisotopic (exact) mass is 370 g/mol. The molecule has 1 amide bonds. The van der Waals surface area contributed by atoms with Gasteiger partial charge >= 0.3 is 0 Å². The zero-order chi connectivity index (χ0) is 17.5. The van der Waals surface area contributed by atoms with E-state index in [1.165, 1.54) is 12.1 Å². The van der Waals surface area contributed by atoms with Gasteiger partial charge in [0.05, 0.1) is 17.3 Å². The maximum absolute atomic E-state index is 13.0. The van der Waals surface area contributed by atoms with E-state index in [9.17, 15) is 9.18 Å². The maximum Gasteiger partial charge on any atom is 0.238 e. The molecule has 4 nitrogen and oxygen atoms in total. The number of hydrogen-bond donors (Lipinski definition) is 1. The molecule has 0 aliphatic carbocycles. The number of benzene rings is 2. The summed E-state index contributed by atoms with van der Waals surface area (Å²) < 4.78 is 18.5. The number of halogens is 3. The predicted molar refractivity (Wildman–Crippen MR) is 94.5 cm³/mol. The van der Waals surface area contributed by atoms with Gasteiger partial charge in [0.2, 0.25) is 5.91 Å². The summed E-state index contributed by atoms with van der Waals surface area (Å²) in [5, 5.41) is 3.46. The Morgan fingerprint density at radius 2 is 1.92 bits per heavy atom. The summed E-state index contributed by atoms with van der Waals surface area (Å²) >= 11 is 11.7. The van der Waals surface area contributed by atoms with Crippen LogP contribution in [0.5, 0.6) is 5.75 Å². The van der Waals surface area contributed by atoms with E-state index in [2.05, 4.69) is 5.32 Å². The molecule has 2 aromatic rings. The number of amides is 1. The number of hydrogen-bond acceptors (Lipinski definition) is 3. The molecular formula is C17H17Cl2FN2O2. The van der Waals surface area contributed by atoms with Crippen LogP contribution in [-0.4, -0.2) is 37.6 Å². The van der Waals surface area contributed by atoms with Gasteiger partial charge in [0.25, 0.3) is 0 Å². The molecule has 0 unspecified atom stereocenters. The van der Waals surface area contributed by atoms with Crippen molar-refractivity contribution in [1.82, 2.24) is 4.90 Å². The fourth-order valence-electron chi connectivity index (χ4n) is 1.95. The second kappa shape index (κ2) is 8.87. The molecule has 7 heteroatoms. The Labute approximate surface area is 150 Å². The summed E-state index contributed by atoms with van der Waals surface area (Å²) in [6.45, 7) is 1.16. The molecule has 0 aliphatic heterocycles. The van der Waals surface area contributed by atoms with Gasteiger partial charge in [-0.3, -0.25) is 9.69 Å². The lowest BCUT2D eigenvalue weighted by Gasteiger charge is -2.17. The van der Waals surface area contributed by atoms with Crippen molar-refractivity contribution in [3.63, 3.8) is 0 Å². The van der Waals surface area contributed by atoms with Crippen molar-refractivity contribution in [2.24, 2.45) is 0 Å². The van der Waals surface area contributed by atoms with Gasteiger partial charge in [-0.05, 0) is 49.5 Å². The van der Waals surface area contributed by atoms with Crippen LogP contribution in [0.2, 0.25) is 10.0 Å². The number of ether oxygens (including phenoxy) is 1. The third kappa shape index (κ3) is 6.00. The first-order chi connectivity index (χ1) is 11.4. The van der Waals surface area contributed by atoms with Gasteiger partial charge in [0, 0.05) is 11.6 Å². The SMILES string of the molecule is CN(CCOc1ccc(Cl)cc1)CC(=O)Nc1ccc(F)cc1Cl. The van der Waals surface area contributed by atoms with E-state index in [-0.39, 0.29) is 17.5 Å². The fraction of sp³-hybridized carbons (Fsp3) is 0.235. The van der Waals surface area contributed by atoms with Crippen LogP contribution in [-0.2, 0) is 4.79 Å². The Hall–Kier alpha value is -1.82. The Morgan fingerprint density at radius 3 is 2.58 bits per heavy atom. The first kappa shape index (κ1) is 18.5. The molecule has 0 saturated carbocycles. The van der Waals surface area contributed by atoms with Gasteiger partial charge in [-0.25, -0.2) is 4.39 Å². The van der Waals surface area contributed by atoms with Crippen LogP contribution in [0.1, 0.15) is 0 Å². The molecule has 0 heterocycles. The Bertz CT molecular complexity index is 695. The summed E-state index contributed by atoms with van der Waals surface area (Å²) in [4.78, 5) is 13.8. The quantitative estimate of drug-likeness (QED) is 0.798. The Morgan fingerprint density at radius 1 is 1.21 bits per heavy atom. The zero-order valence-electron chi connectivity index (χ0n) is 13.1. The molecule has 0 bridgehead atoms. The summed E-state index contributed by atoms with van der Waals surface area (Å²) in [6, 6.07) is 10.9. The molecule has 0 aliphatic rings. The number of nitrogens with zero attached hydrogens (tertiary/aromatic N) is 1. The van der Waals surface area contributed by atoms with Crippen LogP contribution in [0.15, 0.2) is 42.5 Å². The third-order valence-electron chi connectivity index (χ3n) is 3.17. The number of likely N-dealkylation sites (N-methyl/N-ethyl adjacent to an activating group) is 1. The van der Waals surface area contributed by atoms with E-state index in [4.69, 9.17) is 27.9 Å². The van der Waals surface area contributed by atoms with Crippen LogP contribution in [0.4, 0.5) is 10.1 Å². The molecule has 0 spiro atoms. The van der Waals surface area contributed by atoms with E-state index >= 15 is 0 Å². The largest absolute Gasteiger partial charge is 0.492 e. The first-order valence-corrected chi connectivity index (χ1v) is 8.01. The summed E-state index contributed by atoms with van der Waals surface area (Å²) in [5.74, 6) is 0.0299. The minimum absolute atomic E-state index is 0.164. The topological polar surface area (TPSA) is 41.6 Å². The highest BCUT2D eigenvalue weighted by atomic mass is 35.5. The highest BCUT2D eigenvalue weighted by Crippen LogP contribution is 2.22. The van der Waals surface area contributed by atoms with Crippen molar-refractivity contribution in [1.29, 1.82) is 0 Å². The molecule has 2 rings (SSSR count). The summed E-state index contributed by atoms with van der Waals surface area (Å²) in [7, 11) is 1.80.